The average molecular weight is 438 g/mol. The molecule has 0 bridgehead atoms. The first-order valence-electron chi connectivity index (χ1n) is 11.0. The molecule has 2 aromatic carbocycles. The zero-order valence-corrected chi connectivity index (χ0v) is 20.1. The molecule has 0 aliphatic rings. The van der Waals surface area contributed by atoms with Gasteiger partial charge in [-0.2, -0.15) is 0 Å². The standard InChI is InChI=1S/C26H35N3O3/c1-7-29(18-19-8-10-21(11-9-19)25(32)28(5)6)23(30)16-17-27-24(31)20-12-14-22(15-13-20)26(2,3)4/h8-15H,7,16-18H2,1-6H3,(H,27,31). The van der Waals surface area contributed by atoms with Crippen molar-refractivity contribution in [3.63, 3.8) is 0 Å². The molecule has 6 heteroatoms. The third-order valence-corrected chi connectivity index (χ3v) is 5.35. The van der Waals surface area contributed by atoms with E-state index in [4.69, 9.17) is 0 Å². The van der Waals surface area contributed by atoms with Crippen molar-refractivity contribution in [1.29, 1.82) is 0 Å². The van der Waals surface area contributed by atoms with E-state index >= 15 is 0 Å². The fourth-order valence-corrected chi connectivity index (χ4v) is 3.27. The molecule has 2 aromatic rings. The van der Waals surface area contributed by atoms with Crippen molar-refractivity contribution in [3.8, 4) is 0 Å². The van der Waals surface area contributed by atoms with E-state index in [1.54, 1.807) is 31.1 Å². The van der Waals surface area contributed by atoms with Gasteiger partial charge in [0.25, 0.3) is 11.8 Å². The summed E-state index contributed by atoms with van der Waals surface area (Å²) in [5, 5.41) is 2.83. The maximum absolute atomic E-state index is 12.6. The van der Waals surface area contributed by atoms with Gasteiger partial charge in [0.05, 0.1) is 0 Å². The van der Waals surface area contributed by atoms with Gasteiger partial charge >= 0.3 is 0 Å². The molecule has 0 spiro atoms. The van der Waals surface area contributed by atoms with Crippen LogP contribution in [0.1, 0.15) is 66.0 Å². The summed E-state index contributed by atoms with van der Waals surface area (Å²) in [6.45, 7) is 9.64. The largest absolute Gasteiger partial charge is 0.352 e. The van der Waals surface area contributed by atoms with E-state index in [1.807, 2.05) is 43.3 Å². The number of rotatable bonds is 8. The molecule has 0 saturated carbocycles. The lowest BCUT2D eigenvalue weighted by molar-refractivity contribution is -0.131. The number of carbonyl (C=O) groups is 3. The molecule has 0 aromatic heterocycles. The fourth-order valence-electron chi connectivity index (χ4n) is 3.27. The first-order valence-corrected chi connectivity index (χ1v) is 11.0. The van der Waals surface area contributed by atoms with Crippen LogP contribution in [0.25, 0.3) is 0 Å². The quantitative estimate of drug-likeness (QED) is 0.682. The zero-order chi connectivity index (χ0) is 23.9. The topological polar surface area (TPSA) is 69.7 Å². The zero-order valence-electron chi connectivity index (χ0n) is 20.1. The number of carbonyl (C=O) groups excluding carboxylic acids is 3. The molecule has 0 aliphatic carbocycles. The summed E-state index contributed by atoms with van der Waals surface area (Å²) in [5.74, 6) is -0.254. The molecule has 0 radical (unpaired) electrons. The molecule has 32 heavy (non-hydrogen) atoms. The predicted molar refractivity (Wildman–Crippen MR) is 128 cm³/mol. The van der Waals surface area contributed by atoms with Crippen LogP contribution in [-0.2, 0) is 16.8 Å². The smallest absolute Gasteiger partial charge is 0.253 e. The summed E-state index contributed by atoms with van der Waals surface area (Å²) in [5.41, 5.74) is 3.37. The van der Waals surface area contributed by atoms with Gasteiger partial charge in [-0.15, -0.1) is 0 Å². The molecule has 1 N–H and O–H groups in total. The van der Waals surface area contributed by atoms with E-state index in [0.29, 0.717) is 24.2 Å². The molecule has 0 heterocycles. The monoisotopic (exact) mass is 437 g/mol. The number of hydrogen-bond donors (Lipinski definition) is 1. The Labute approximate surface area is 191 Å². The van der Waals surface area contributed by atoms with Crippen molar-refractivity contribution in [2.45, 2.75) is 46.1 Å². The van der Waals surface area contributed by atoms with Gasteiger partial charge in [0.2, 0.25) is 5.91 Å². The molecular weight excluding hydrogens is 402 g/mol. The average Bonchev–Trinajstić information content (AvgIpc) is 2.76. The van der Waals surface area contributed by atoms with Crippen LogP contribution in [0.4, 0.5) is 0 Å². The third kappa shape index (κ3) is 6.94. The Morgan fingerprint density at radius 3 is 1.94 bits per heavy atom. The fraction of sp³-hybridized carbons (Fsp3) is 0.423. The number of benzene rings is 2. The summed E-state index contributed by atoms with van der Waals surface area (Å²) in [4.78, 5) is 40.3. The molecule has 0 unspecified atom stereocenters. The maximum atomic E-state index is 12.6. The van der Waals surface area contributed by atoms with E-state index < -0.39 is 0 Å². The van der Waals surface area contributed by atoms with Gasteiger partial charge < -0.3 is 15.1 Å². The van der Waals surface area contributed by atoms with Crippen LogP contribution in [0.5, 0.6) is 0 Å². The second kappa shape index (κ2) is 10.9. The first-order chi connectivity index (χ1) is 15.0. The Balaban J connectivity index is 1.86. The number of hydrogen-bond acceptors (Lipinski definition) is 3. The van der Waals surface area contributed by atoms with Crippen molar-refractivity contribution >= 4 is 17.7 Å². The lowest BCUT2D eigenvalue weighted by Crippen LogP contribution is -2.34. The summed E-state index contributed by atoms with van der Waals surface area (Å²) >= 11 is 0. The minimum absolute atomic E-state index is 0.0238. The second-order valence-corrected chi connectivity index (χ2v) is 9.14. The summed E-state index contributed by atoms with van der Waals surface area (Å²) < 4.78 is 0. The van der Waals surface area contributed by atoms with Crippen molar-refractivity contribution in [1.82, 2.24) is 15.1 Å². The molecule has 0 aliphatic heterocycles. The normalized spacial score (nSPS) is 11.1. The molecule has 6 nitrogen and oxygen atoms in total. The van der Waals surface area contributed by atoms with Gasteiger partial charge in [0, 0.05) is 51.3 Å². The first kappa shape index (κ1) is 25.1. The van der Waals surface area contributed by atoms with Gasteiger partial charge in [0.1, 0.15) is 0 Å². The highest BCUT2D eigenvalue weighted by Gasteiger charge is 2.16. The Morgan fingerprint density at radius 2 is 1.44 bits per heavy atom. The van der Waals surface area contributed by atoms with Gasteiger partial charge in [-0.05, 0) is 47.7 Å². The van der Waals surface area contributed by atoms with Crippen LogP contribution in [-0.4, -0.2) is 54.7 Å². The van der Waals surface area contributed by atoms with Crippen molar-refractivity contribution in [2.24, 2.45) is 0 Å². The van der Waals surface area contributed by atoms with Crippen LogP contribution in [0.2, 0.25) is 0 Å². The minimum atomic E-state index is -0.178. The van der Waals surface area contributed by atoms with E-state index in [1.165, 1.54) is 10.5 Å². The summed E-state index contributed by atoms with van der Waals surface area (Å²) in [7, 11) is 3.43. The van der Waals surface area contributed by atoms with Gasteiger partial charge in [-0.3, -0.25) is 14.4 Å². The van der Waals surface area contributed by atoms with Gasteiger partial charge in [-0.1, -0.05) is 45.0 Å². The van der Waals surface area contributed by atoms with E-state index in [9.17, 15) is 14.4 Å². The molecule has 172 valence electrons. The highest BCUT2D eigenvalue weighted by Crippen LogP contribution is 2.22. The SMILES string of the molecule is CCN(Cc1ccc(C(=O)N(C)C)cc1)C(=O)CCNC(=O)c1ccc(C(C)(C)C)cc1. The van der Waals surface area contributed by atoms with E-state index in [0.717, 1.165) is 5.56 Å². The van der Waals surface area contributed by atoms with Crippen LogP contribution in [0.3, 0.4) is 0 Å². The third-order valence-electron chi connectivity index (χ3n) is 5.35. The molecule has 0 saturated heterocycles. The lowest BCUT2D eigenvalue weighted by atomic mass is 9.87. The Bertz CT molecular complexity index is 926. The van der Waals surface area contributed by atoms with E-state index in [-0.39, 0.29) is 36.1 Å². The van der Waals surface area contributed by atoms with Crippen LogP contribution in [0.15, 0.2) is 48.5 Å². The molecule has 3 amide bonds. The van der Waals surface area contributed by atoms with Gasteiger partial charge in [-0.25, -0.2) is 0 Å². The Morgan fingerprint density at radius 1 is 0.875 bits per heavy atom. The molecule has 0 atom stereocenters. The minimum Gasteiger partial charge on any atom is -0.352 e. The number of nitrogens with one attached hydrogen (secondary N) is 1. The van der Waals surface area contributed by atoms with Crippen molar-refractivity contribution < 1.29 is 14.4 Å². The highest BCUT2D eigenvalue weighted by atomic mass is 16.2. The van der Waals surface area contributed by atoms with Crippen LogP contribution >= 0.6 is 0 Å². The predicted octanol–water partition coefficient (Wildman–Crippen LogP) is 3.85. The Kier molecular flexibility index (Phi) is 8.58. The Hall–Kier alpha value is -3.15. The van der Waals surface area contributed by atoms with E-state index in [2.05, 4.69) is 26.1 Å². The highest BCUT2D eigenvalue weighted by molar-refractivity contribution is 5.94. The van der Waals surface area contributed by atoms with Gasteiger partial charge in [0.15, 0.2) is 0 Å². The number of amides is 3. The second-order valence-electron chi connectivity index (χ2n) is 9.14. The van der Waals surface area contributed by atoms with Crippen LogP contribution < -0.4 is 5.32 Å². The summed E-state index contributed by atoms with van der Waals surface area (Å²) in [6, 6.07) is 14.9. The number of nitrogens with zero attached hydrogens (tertiary/aromatic N) is 2. The van der Waals surface area contributed by atoms with Crippen LogP contribution in [0, 0.1) is 0 Å². The van der Waals surface area contributed by atoms with Crippen molar-refractivity contribution in [2.75, 3.05) is 27.2 Å². The molecule has 0 fully saturated rings. The molecule has 2 rings (SSSR count). The molecular formula is C26H35N3O3. The summed E-state index contributed by atoms with van der Waals surface area (Å²) in [6.07, 6.45) is 0.233. The lowest BCUT2D eigenvalue weighted by Gasteiger charge is -2.21. The van der Waals surface area contributed by atoms with Crippen molar-refractivity contribution in [3.05, 3.63) is 70.8 Å². The maximum Gasteiger partial charge on any atom is 0.253 e.